The van der Waals surface area contributed by atoms with E-state index in [2.05, 4.69) is 5.32 Å². The summed E-state index contributed by atoms with van der Waals surface area (Å²) in [5.74, 6) is 0.106. The van der Waals surface area contributed by atoms with E-state index in [-0.39, 0.29) is 23.7 Å². The van der Waals surface area contributed by atoms with Gasteiger partial charge in [0.1, 0.15) is 11.6 Å². The Bertz CT molecular complexity index is 915. The number of ether oxygens (including phenoxy) is 1. The summed E-state index contributed by atoms with van der Waals surface area (Å²) in [4.78, 5) is 26.7. The number of likely N-dealkylation sites (N-methyl/N-ethyl adjacent to an activating group) is 1. The van der Waals surface area contributed by atoms with Crippen molar-refractivity contribution in [2.75, 3.05) is 13.1 Å². The van der Waals surface area contributed by atoms with Gasteiger partial charge in [-0.2, -0.15) is 0 Å². The largest absolute Gasteiger partial charge is 0.481 e. The van der Waals surface area contributed by atoms with Gasteiger partial charge in [0.25, 0.3) is 5.91 Å². The maximum atomic E-state index is 14.0. The summed E-state index contributed by atoms with van der Waals surface area (Å²) in [6, 6.07) is 11.7. The molecule has 2 atom stereocenters. The smallest absolute Gasteiger partial charge is 0.261 e. The van der Waals surface area contributed by atoms with Crippen LogP contribution in [0, 0.1) is 5.82 Å². The average molecular weight is 413 g/mol. The molecule has 2 aromatic rings. The molecule has 5 nitrogen and oxygen atoms in total. The van der Waals surface area contributed by atoms with E-state index in [0.717, 1.165) is 23.1 Å². The monoisotopic (exact) mass is 412 g/mol. The van der Waals surface area contributed by atoms with Gasteiger partial charge in [-0.1, -0.05) is 32.0 Å². The van der Waals surface area contributed by atoms with Crippen LogP contribution < -0.4 is 10.1 Å². The normalized spacial score (nSPS) is 16.5. The van der Waals surface area contributed by atoms with Crippen molar-refractivity contribution < 1.29 is 18.7 Å². The van der Waals surface area contributed by atoms with Crippen LogP contribution in [-0.4, -0.2) is 35.9 Å². The molecule has 2 unspecified atom stereocenters. The summed E-state index contributed by atoms with van der Waals surface area (Å²) < 4.78 is 20.0. The van der Waals surface area contributed by atoms with E-state index < -0.39 is 6.10 Å². The number of halogens is 1. The lowest BCUT2D eigenvalue weighted by Gasteiger charge is -2.38. The number of rotatable bonds is 7. The molecule has 30 heavy (non-hydrogen) atoms. The van der Waals surface area contributed by atoms with Crippen molar-refractivity contribution in [1.29, 1.82) is 0 Å². The number of benzene rings is 2. The lowest BCUT2D eigenvalue weighted by Crippen LogP contribution is -2.40. The summed E-state index contributed by atoms with van der Waals surface area (Å²) >= 11 is 0. The van der Waals surface area contributed by atoms with Crippen molar-refractivity contribution >= 4 is 11.8 Å². The number of nitrogens with one attached hydrogen (secondary N) is 1. The van der Waals surface area contributed by atoms with Crippen LogP contribution in [0.2, 0.25) is 0 Å². The molecule has 0 saturated carbocycles. The lowest BCUT2D eigenvalue weighted by molar-refractivity contribution is -0.133. The van der Waals surface area contributed by atoms with Gasteiger partial charge in [0.15, 0.2) is 6.10 Å². The molecule has 160 valence electrons. The lowest BCUT2D eigenvalue weighted by atomic mass is 9.87. The molecular formula is C24H29FN2O3. The first kappa shape index (κ1) is 21.8. The van der Waals surface area contributed by atoms with Crippen molar-refractivity contribution in [2.45, 2.75) is 52.2 Å². The highest BCUT2D eigenvalue weighted by Gasteiger charge is 2.32. The van der Waals surface area contributed by atoms with Crippen LogP contribution in [0.4, 0.5) is 4.39 Å². The van der Waals surface area contributed by atoms with Crippen molar-refractivity contribution in [3.05, 3.63) is 65.0 Å². The molecule has 0 bridgehead atoms. The fourth-order valence-electron chi connectivity index (χ4n) is 3.95. The summed E-state index contributed by atoms with van der Waals surface area (Å²) in [7, 11) is 0. The topological polar surface area (TPSA) is 58.6 Å². The van der Waals surface area contributed by atoms with Crippen molar-refractivity contribution in [3.8, 4) is 5.75 Å². The van der Waals surface area contributed by atoms with E-state index in [1.54, 1.807) is 6.07 Å². The predicted molar refractivity (Wildman–Crippen MR) is 114 cm³/mol. The maximum absolute atomic E-state index is 14.0. The minimum Gasteiger partial charge on any atom is -0.481 e. The Morgan fingerprint density at radius 1 is 1.20 bits per heavy atom. The van der Waals surface area contributed by atoms with E-state index in [0.29, 0.717) is 31.7 Å². The third-order valence-electron chi connectivity index (χ3n) is 5.43. The second-order valence-corrected chi connectivity index (χ2v) is 7.42. The van der Waals surface area contributed by atoms with Gasteiger partial charge in [0.05, 0.1) is 6.04 Å². The number of hydrogen-bond acceptors (Lipinski definition) is 3. The molecule has 2 aromatic carbocycles. The quantitative estimate of drug-likeness (QED) is 0.748. The van der Waals surface area contributed by atoms with Gasteiger partial charge >= 0.3 is 0 Å². The van der Waals surface area contributed by atoms with Crippen LogP contribution >= 0.6 is 0 Å². The number of carbonyl (C=O) groups excluding carboxylic acids is 2. The SMILES string of the molecule is CCNC(=O)C(CC)Oc1ccc2c(c1)C(c1cccc(F)c1)N(C(=O)CC)CC2. The minimum atomic E-state index is -0.590. The molecule has 1 heterocycles. The number of nitrogens with zero attached hydrogens (tertiary/aromatic N) is 1. The van der Waals surface area contributed by atoms with Gasteiger partial charge in [-0.05, 0) is 60.7 Å². The van der Waals surface area contributed by atoms with E-state index in [4.69, 9.17) is 4.74 Å². The van der Waals surface area contributed by atoms with Crippen LogP contribution in [0.3, 0.4) is 0 Å². The maximum Gasteiger partial charge on any atom is 0.261 e. The van der Waals surface area contributed by atoms with Crippen molar-refractivity contribution in [2.24, 2.45) is 0 Å². The number of amides is 2. The van der Waals surface area contributed by atoms with Gasteiger partial charge in [-0.3, -0.25) is 9.59 Å². The van der Waals surface area contributed by atoms with Gasteiger partial charge in [-0.25, -0.2) is 4.39 Å². The summed E-state index contributed by atoms with van der Waals surface area (Å²) in [6.45, 7) is 6.72. The Labute approximate surface area is 177 Å². The van der Waals surface area contributed by atoms with Crippen LogP contribution in [0.1, 0.15) is 56.3 Å². The second kappa shape index (κ2) is 9.74. The van der Waals surface area contributed by atoms with Crippen LogP contribution in [0.5, 0.6) is 5.75 Å². The molecule has 6 heteroatoms. The number of carbonyl (C=O) groups is 2. The fourth-order valence-corrected chi connectivity index (χ4v) is 3.95. The molecule has 0 saturated heterocycles. The van der Waals surface area contributed by atoms with Gasteiger partial charge in [-0.15, -0.1) is 0 Å². The summed E-state index contributed by atoms with van der Waals surface area (Å²) in [6.07, 6.45) is 1.05. The molecule has 1 aliphatic heterocycles. The highest BCUT2D eigenvalue weighted by molar-refractivity contribution is 5.81. The highest BCUT2D eigenvalue weighted by atomic mass is 19.1. The van der Waals surface area contributed by atoms with Gasteiger partial charge in [0, 0.05) is 19.5 Å². The molecule has 0 aromatic heterocycles. The molecule has 2 amide bonds. The third kappa shape index (κ3) is 4.64. The first-order valence-electron chi connectivity index (χ1n) is 10.6. The first-order valence-corrected chi connectivity index (χ1v) is 10.6. The number of hydrogen-bond donors (Lipinski definition) is 1. The zero-order valence-corrected chi connectivity index (χ0v) is 17.8. The van der Waals surface area contributed by atoms with Gasteiger partial charge in [0.2, 0.25) is 5.91 Å². The molecule has 0 aliphatic carbocycles. The zero-order chi connectivity index (χ0) is 21.7. The van der Waals surface area contributed by atoms with Crippen LogP contribution in [0.25, 0.3) is 0 Å². The molecule has 1 N–H and O–H groups in total. The highest BCUT2D eigenvalue weighted by Crippen LogP contribution is 2.38. The minimum absolute atomic E-state index is 0.0231. The molecule has 0 fully saturated rings. The fraction of sp³-hybridized carbons (Fsp3) is 0.417. The van der Waals surface area contributed by atoms with E-state index in [9.17, 15) is 14.0 Å². The van der Waals surface area contributed by atoms with Crippen LogP contribution in [-0.2, 0) is 16.0 Å². The van der Waals surface area contributed by atoms with E-state index in [1.165, 1.54) is 12.1 Å². The molecule has 0 radical (unpaired) electrons. The molecular weight excluding hydrogens is 383 g/mol. The third-order valence-corrected chi connectivity index (χ3v) is 5.43. The Balaban J connectivity index is 2.00. The standard InChI is InChI=1S/C24H29FN2O3/c1-4-21(24(29)26-6-3)30-19-11-10-16-12-13-27(22(28)5-2)23(20(16)15-19)17-8-7-9-18(25)14-17/h7-11,14-15,21,23H,4-6,12-13H2,1-3H3,(H,26,29). The van der Waals surface area contributed by atoms with E-state index >= 15 is 0 Å². The van der Waals surface area contributed by atoms with Crippen molar-refractivity contribution in [1.82, 2.24) is 10.2 Å². The zero-order valence-electron chi connectivity index (χ0n) is 17.8. The first-order chi connectivity index (χ1) is 14.5. The van der Waals surface area contributed by atoms with Crippen LogP contribution in [0.15, 0.2) is 42.5 Å². The molecule has 0 spiro atoms. The molecule has 1 aliphatic rings. The summed E-state index contributed by atoms with van der Waals surface area (Å²) in [5, 5.41) is 2.79. The van der Waals surface area contributed by atoms with Crippen molar-refractivity contribution in [3.63, 3.8) is 0 Å². The Kier molecular flexibility index (Phi) is 7.08. The second-order valence-electron chi connectivity index (χ2n) is 7.42. The number of fused-ring (bicyclic) bond motifs is 1. The average Bonchev–Trinajstić information content (AvgIpc) is 2.76. The Morgan fingerprint density at radius 2 is 2.00 bits per heavy atom. The van der Waals surface area contributed by atoms with E-state index in [1.807, 2.05) is 49.9 Å². The Hall–Kier alpha value is -2.89. The molecule has 3 rings (SSSR count). The predicted octanol–water partition coefficient (Wildman–Crippen LogP) is 4.00. The Morgan fingerprint density at radius 3 is 2.67 bits per heavy atom. The van der Waals surface area contributed by atoms with Gasteiger partial charge < -0.3 is 15.0 Å². The summed E-state index contributed by atoms with van der Waals surface area (Å²) in [5.41, 5.74) is 2.74.